The number of hydrogen-bond donors (Lipinski definition) is 1. The van der Waals surface area contributed by atoms with Crippen molar-refractivity contribution < 1.29 is 17.9 Å². The molecular formula is C21H26N2O4S. The van der Waals surface area contributed by atoms with Crippen LogP contribution >= 0.6 is 0 Å². The molecule has 0 aromatic heterocycles. The van der Waals surface area contributed by atoms with Crippen LogP contribution < -0.4 is 14.4 Å². The summed E-state index contributed by atoms with van der Waals surface area (Å²) in [7, 11) is -3.64. The van der Waals surface area contributed by atoms with Crippen molar-refractivity contribution in [3.63, 3.8) is 0 Å². The third-order valence-electron chi connectivity index (χ3n) is 4.79. The number of para-hydroxylation sites is 2. The lowest BCUT2D eigenvalue weighted by Crippen LogP contribution is -2.50. The minimum atomic E-state index is -3.64. The minimum absolute atomic E-state index is 0.257. The van der Waals surface area contributed by atoms with Gasteiger partial charge in [-0.1, -0.05) is 36.4 Å². The number of nitrogens with zero attached hydrogens (tertiary/aromatic N) is 1. The average Bonchev–Trinajstić information content (AvgIpc) is 2.60. The normalized spacial score (nSPS) is 19.1. The van der Waals surface area contributed by atoms with E-state index in [4.69, 9.17) is 4.74 Å². The number of ether oxygens (including phenoxy) is 1. The van der Waals surface area contributed by atoms with Crippen LogP contribution in [0.4, 0.5) is 5.69 Å². The van der Waals surface area contributed by atoms with Gasteiger partial charge in [-0.05, 0) is 39.0 Å². The van der Waals surface area contributed by atoms with Gasteiger partial charge in [0.2, 0.25) is 15.9 Å². The fraction of sp³-hybridized carbons (Fsp3) is 0.381. The Kier molecular flexibility index (Phi) is 5.39. The van der Waals surface area contributed by atoms with Gasteiger partial charge < -0.3 is 10.1 Å². The molecule has 6 nitrogen and oxygen atoms in total. The number of carbonyl (C=O) groups excluding carboxylic acids is 1. The summed E-state index contributed by atoms with van der Waals surface area (Å²) in [5.41, 5.74) is 0.916. The molecule has 2 atom stereocenters. The molecule has 0 saturated carbocycles. The van der Waals surface area contributed by atoms with Gasteiger partial charge >= 0.3 is 0 Å². The zero-order chi connectivity index (χ0) is 20.5. The number of carbonyl (C=O) groups is 1. The first-order valence-electron chi connectivity index (χ1n) is 9.21. The van der Waals surface area contributed by atoms with Crippen molar-refractivity contribution in [2.75, 3.05) is 10.6 Å². The first-order chi connectivity index (χ1) is 13.1. The second-order valence-electron chi connectivity index (χ2n) is 7.74. The topological polar surface area (TPSA) is 75.7 Å². The van der Waals surface area contributed by atoms with Crippen molar-refractivity contribution in [3.8, 4) is 5.75 Å². The minimum Gasteiger partial charge on any atom is -0.487 e. The number of fused-ring (bicyclic) bond motifs is 1. The number of amides is 1. The van der Waals surface area contributed by atoms with Gasteiger partial charge in [0, 0.05) is 12.0 Å². The van der Waals surface area contributed by atoms with E-state index in [2.05, 4.69) is 5.32 Å². The zero-order valence-electron chi connectivity index (χ0n) is 16.5. The summed E-state index contributed by atoms with van der Waals surface area (Å²) in [5.74, 6) is 0.381. The Hall–Kier alpha value is -2.54. The van der Waals surface area contributed by atoms with Gasteiger partial charge in [-0.3, -0.25) is 9.10 Å². The molecule has 7 heteroatoms. The predicted molar refractivity (Wildman–Crippen MR) is 110 cm³/mol. The summed E-state index contributed by atoms with van der Waals surface area (Å²) in [4.78, 5) is 13.0. The Balaban J connectivity index is 1.87. The molecule has 150 valence electrons. The summed E-state index contributed by atoms with van der Waals surface area (Å²) >= 11 is 0. The maximum Gasteiger partial charge on any atom is 0.244 e. The molecule has 0 saturated heterocycles. The quantitative estimate of drug-likeness (QED) is 0.833. The summed E-state index contributed by atoms with van der Waals surface area (Å²) in [6, 6.07) is 15.1. The number of rotatable bonds is 5. The Morgan fingerprint density at radius 2 is 1.75 bits per heavy atom. The molecule has 2 unspecified atom stereocenters. The molecular weight excluding hydrogens is 376 g/mol. The fourth-order valence-electron chi connectivity index (χ4n) is 3.61. The van der Waals surface area contributed by atoms with Gasteiger partial charge in [0.05, 0.1) is 18.0 Å². The van der Waals surface area contributed by atoms with Crippen LogP contribution in [0.25, 0.3) is 0 Å². The Labute approximate surface area is 166 Å². The molecule has 0 fully saturated rings. The van der Waals surface area contributed by atoms with Crippen molar-refractivity contribution in [1.82, 2.24) is 5.32 Å². The summed E-state index contributed by atoms with van der Waals surface area (Å²) in [6.45, 7) is 5.54. The number of hydrogen-bond acceptors (Lipinski definition) is 4. The monoisotopic (exact) mass is 402 g/mol. The van der Waals surface area contributed by atoms with Gasteiger partial charge in [0.1, 0.15) is 17.4 Å². The van der Waals surface area contributed by atoms with Crippen LogP contribution in [0, 0.1) is 0 Å². The second-order valence-corrected chi connectivity index (χ2v) is 9.59. The van der Waals surface area contributed by atoms with E-state index in [-0.39, 0.29) is 11.9 Å². The van der Waals surface area contributed by atoms with E-state index in [1.165, 1.54) is 0 Å². The molecule has 0 bridgehead atoms. The van der Waals surface area contributed by atoms with Crippen molar-refractivity contribution in [2.45, 2.75) is 44.9 Å². The number of sulfonamides is 1. The van der Waals surface area contributed by atoms with Gasteiger partial charge in [0.25, 0.3) is 0 Å². The highest BCUT2D eigenvalue weighted by atomic mass is 32.2. The molecule has 1 heterocycles. The lowest BCUT2D eigenvalue weighted by molar-refractivity contribution is -0.123. The molecule has 28 heavy (non-hydrogen) atoms. The number of anilines is 1. The lowest BCUT2D eigenvalue weighted by atomic mass is 9.89. The summed E-state index contributed by atoms with van der Waals surface area (Å²) < 4.78 is 32.0. The molecule has 3 rings (SSSR count). The predicted octanol–water partition coefficient (Wildman–Crippen LogP) is 3.26. The molecule has 0 aliphatic carbocycles. The Morgan fingerprint density at radius 3 is 2.39 bits per heavy atom. The van der Waals surface area contributed by atoms with Crippen molar-refractivity contribution >= 4 is 21.6 Å². The van der Waals surface area contributed by atoms with E-state index in [0.717, 1.165) is 21.9 Å². The smallest absolute Gasteiger partial charge is 0.244 e. The first kappa shape index (κ1) is 20.2. The van der Waals surface area contributed by atoms with Crippen molar-refractivity contribution in [3.05, 3.63) is 60.2 Å². The molecule has 0 radical (unpaired) electrons. The third-order valence-corrected chi connectivity index (χ3v) is 6.03. The van der Waals surface area contributed by atoms with Crippen LogP contribution in [-0.2, 0) is 14.8 Å². The maximum atomic E-state index is 13.0. The van der Waals surface area contributed by atoms with Crippen molar-refractivity contribution in [2.24, 2.45) is 0 Å². The van der Waals surface area contributed by atoms with E-state index in [1.807, 2.05) is 38.1 Å². The largest absolute Gasteiger partial charge is 0.487 e. The van der Waals surface area contributed by atoms with E-state index >= 15 is 0 Å². The van der Waals surface area contributed by atoms with E-state index in [9.17, 15) is 13.2 Å². The van der Waals surface area contributed by atoms with Gasteiger partial charge in [-0.25, -0.2) is 8.42 Å². The third kappa shape index (κ3) is 4.30. The standard InChI is InChI=1S/C21H26N2O4S/c1-15(23(28(4,25)26)16-10-6-5-7-11-16)20(24)22-18-14-21(2,3)27-19-13-9-8-12-17(18)19/h5-13,15,18H,14H2,1-4H3,(H,22,24). The number of benzene rings is 2. The SMILES string of the molecule is CC(C(=O)NC1CC(C)(C)Oc2ccccc21)N(c1ccccc1)S(C)(=O)=O. The molecule has 1 aliphatic rings. The van der Waals surface area contributed by atoms with Gasteiger partial charge in [-0.15, -0.1) is 0 Å². The van der Waals surface area contributed by atoms with Crippen LogP contribution in [0.3, 0.4) is 0 Å². The highest BCUT2D eigenvalue weighted by molar-refractivity contribution is 7.92. The van der Waals surface area contributed by atoms with E-state index in [0.29, 0.717) is 12.1 Å². The van der Waals surface area contributed by atoms with Crippen LogP contribution in [-0.4, -0.2) is 32.2 Å². The number of nitrogens with one attached hydrogen (secondary N) is 1. The highest BCUT2D eigenvalue weighted by Gasteiger charge is 2.36. The van der Waals surface area contributed by atoms with Crippen molar-refractivity contribution in [1.29, 1.82) is 0 Å². The maximum absolute atomic E-state index is 13.0. The molecule has 1 N–H and O–H groups in total. The second kappa shape index (κ2) is 7.47. The van der Waals surface area contributed by atoms with Crippen LogP contribution in [0.1, 0.15) is 38.8 Å². The summed E-state index contributed by atoms with van der Waals surface area (Å²) in [6.07, 6.45) is 1.70. The first-order valence-corrected chi connectivity index (χ1v) is 11.1. The van der Waals surface area contributed by atoms with Crippen LogP contribution in [0.5, 0.6) is 5.75 Å². The summed E-state index contributed by atoms with van der Waals surface area (Å²) in [5, 5.41) is 3.03. The Bertz CT molecular complexity index is 957. The molecule has 2 aromatic rings. The van der Waals surface area contributed by atoms with Gasteiger partial charge in [0.15, 0.2) is 0 Å². The average molecular weight is 403 g/mol. The molecule has 2 aromatic carbocycles. The fourth-order valence-corrected chi connectivity index (χ4v) is 4.78. The van der Waals surface area contributed by atoms with Crippen LogP contribution in [0.15, 0.2) is 54.6 Å². The highest BCUT2D eigenvalue weighted by Crippen LogP contribution is 2.39. The Morgan fingerprint density at radius 1 is 1.14 bits per heavy atom. The van der Waals surface area contributed by atoms with Crippen LogP contribution in [0.2, 0.25) is 0 Å². The lowest BCUT2D eigenvalue weighted by Gasteiger charge is -2.38. The molecule has 0 spiro atoms. The molecule has 1 aliphatic heterocycles. The molecule has 1 amide bonds. The van der Waals surface area contributed by atoms with E-state index in [1.54, 1.807) is 37.3 Å². The zero-order valence-corrected chi connectivity index (χ0v) is 17.4. The van der Waals surface area contributed by atoms with E-state index < -0.39 is 21.7 Å². The van der Waals surface area contributed by atoms with Gasteiger partial charge in [-0.2, -0.15) is 0 Å².